The summed E-state index contributed by atoms with van der Waals surface area (Å²) in [7, 11) is 0. The van der Waals surface area contributed by atoms with Crippen molar-refractivity contribution in [2.45, 2.75) is 33.2 Å². The molecule has 1 amide bonds. The van der Waals surface area contributed by atoms with Gasteiger partial charge in [0.05, 0.1) is 12.6 Å². The summed E-state index contributed by atoms with van der Waals surface area (Å²) in [5, 5.41) is 12.9. The maximum atomic E-state index is 11.9. The van der Waals surface area contributed by atoms with Crippen molar-refractivity contribution >= 4 is 5.91 Å². The lowest BCUT2D eigenvalue weighted by Crippen LogP contribution is -2.47. The molecular weight excluding hydrogens is 220 g/mol. The average molecular weight is 240 g/mol. The monoisotopic (exact) mass is 240 g/mol. The number of hydrogen-bond donors (Lipinski definition) is 1. The first-order valence-corrected chi connectivity index (χ1v) is 5.81. The van der Waals surface area contributed by atoms with E-state index in [1.807, 2.05) is 20.8 Å². The first kappa shape index (κ1) is 13.8. The van der Waals surface area contributed by atoms with Crippen LogP contribution in [-0.4, -0.2) is 41.7 Å². The second-order valence-corrected chi connectivity index (χ2v) is 5.59. The molecule has 17 heavy (non-hydrogen) atoms. The van der Waals surface area contributed by atoms with E-state index in [4.69, 9.17) is 5.53 Å². The third kappa shape index (κ3) is 3.35. The minimum atomic E-state index is -0.175. The van der Waals surface area contributed by atoms with Crippen LogP contribution in [0.1, 0.15) is 27.2 Å². The topological polar surface area (TPSA) is 89.3 Å². The molecule has 0 spiro atoms. The highest BCUT2D eigenvalue weighted by Gasteiger charge is 2.38. The zero-order valence-corrected chi connectivity index (χ0v) is 10.6. The molecule has 0 bridgehead atoms. The van der Waals surface area contributed by atoms with Crippen molar-refractivity contribution in [2.24, 2.45) is 16.4 Å². The van der Waals surface area contributed by atoms with E-state index in [2.05, 4.69) is 10.0 Å². The number of amides is 1. The van der Waals surface area contributed by atoms with Crippen molar-refractivity contribution in [1.82, 2.24) is 4.90 Å². The highest BCUT2D eigenvalue weighted by molar-refractivity contribution is 5.79. The van der Waals surface area contributed by atoms with Gasteiger partial charge in [-0.1, -0.05) is 25.9 Å². The fraction of sp³-hybridized carbons (Fsp3) is 0.909. The summed E-state index contributed by atoms with van der Waals surface area (Å²) in [5.41, 5.74) is 8.11. The Morgan fingerprint density at radius 3 is 2.76 bits per heavy atom. The van der Waals surface area contributed by atoms with E-state index in [0.29, 0.717) is 19.5 Å². The summed E-state index contributed by atoms with van der Waals surface area (Å²) in [6.45, 7) is 6.89. The van der Waals surface area contributed by atoms with Gasteiger partial charge in [-0.15, -0.1) is 0 Å². The van der Waals surface area contributed by atoms with E-state index < -0.39 is 0 Å². The van der Waals surface area contributed by atoms with Crippen molar-refractivity contribution in [2.75, 3.05) is 19.7 Å². The molecule has 1 fully saturated rings. The SMILES string of the molecule is CC(C)(C)[C@@H](CO)N1CC(CN=[N+]=[N-])CC1=O. The number of carbonyl (C=O) groups is 1. The molecular formula is C11H20N4O2. The molecule has 1 aliphatic rings. The van der Waals surface area contributed by atoms with Gasteiger partial charge in [0.25, 0.3) is 0 Å². The molecule has 2 atom stereocenters. The van der Waals surface area contributed by atoms with Crippen LogP contribution in [0.2, 0.25) is 0 Å². The average Bonchev–Trinajstić information content (AvgIpc) is 2.56. The van der Waals surface area contributed by atoms with Gasteiger partial charge in [-0.2, -0.15) is 0 Å². The van der Waals surface area contributed by atoms with Gasteiger partial charge < -0.3 is 10.0 Å². The Morgan fingerprint density at radius 1 is 1.65 bits per heavy atom. The molecule has 1 saturated heterocycles. The van der Waals surface area contributed by atoms with Crippen LogP contribution in [0.5, 0.6) is 0 Å². The van der Waals surface area contributed by atoms with Crippen LogP contribution in [0.4, 0.5) is 0 Å². The van der Waals surface area contributed by atoms with E-state index in [1.54, 1.807) is 4.90 Å². The molecule has 6 nitrogen and oxygen atoms in total. The third-order valence-electron chi connectivity index (χ3n) is 3.19. The largest absolute Gasteiger partial charge is 0.394 e. The highest BCUT2D eigenvalue weighted by atomic mass is 16.3. The van der Waals surface area contributed by atoms with E-state index in [1.165, 1.54) is 0 Å². The second-order valence-electron chi connectivity index (χ2n) is 5.59. The van der Waals surface area contributed by atoms with Gasteiger partial charge in [0.2, 0.25) is 5.91 Å². The molecule has 1 rings (SSSR count). The van der Waals surface area contributed by atoms with Crippen LogP contribution < -0.4 is 0 Å². The Labute approximate surface area is 101 Å². The fourth-order valence-corrected chi connectivity index (χ4v) is 2.22. The van der Waals surface area contributed by atoms with E-state index in [9.17, 15) is 9.90 Å². The zero-order chi connectivity index (χ0) is 13.1. The Kier molecular flexibility index (Phi) is 4.37. The van der Waals surface area contributed by atoms with Gasteiger partial charge in [-0.3, -0.25) is 4.79 Å². The number of likely N-dealkylation sites (tertiary alicyclic amines) is 1. The molecule has 1 heterocycles. The summed E-state index contributed by atoms with van der Waals surface area (Å²) in [4.78, 5) is 16.3. The number of aliphatic hydroxyl groups is 1. The molecule has 6 heteroatoms. The predicted molar refractivity (Wildman–Crippen MR) is 64.2 cm³/mol. The third-order valence-corrected chi connectivity index (χ3v) is 3.19. The Hall–Kier alpha value is -1.26. The van der Waals surface area contributed by atoms with Gasteiger partial charge >= 0.3 is 0 Å². The van der Waals surface area contributed by atoms with Crippen molar-refractivity contribution in [3.8, 4) is 0 Å². The predicted octanol–water partition coefficient (Wildman–Crippen LogP) is 1.55. The summed E-state index contributed by atoms with van der Waals surface area (Å²) in [6, 6.07) is -0.175. The summed E-state index contributed by atoms with van der Waals surface area (Å²) >= 11 is 0. The standard InChI is InChI=1S/C11H20N4O2/c1-11(2,3)9(7-16)15-6-8(4-10(15)17)5-13-14-12/h8-9,16H,4-7H2,1-3H3/t8?,9-/m1/s1. The normalized spacial score (nSPS) is 22.5. The van der Waals surface area contributed by atoms with Crippen LogP contribution >= 0.6 is 0 Å². The number of aliphatic hydroxyl groups excluding tert-OH is 1. The first-order chi connectivity index (χ1) is 7.90. The van der Waals surface area contributed by atoms with Crippen LogP contribution in [0.3, 0.4) is 0 Å². The minimum absolute atomic E-state index is 0.0382. The zero-order valence-electron chi connectivity index (χ0n) is 10.6. The number of azide groups is 1. The second kappa shape index (κ2) is 5.38. The summed E-state index contributed by atoms with van der Waals surface area (Å²) in [6.07, 6.45) is 0.408. The van der Waals surface area contributed by atoms with Gasteiger partial charge in [0.1, 0.15) is 0 Å². The molecule has 0 saturated carbocycles. The smallest absolute Gasteiger partial charge is 0.223 e. The minimum Gasteiger partial charge on any atom is -0.394 e. The van der Waals surface area contributed by atoms with Crippen molar-refractivity contribution in [3.63, 3.8) is 0 Å². The molecule has 1 N–H and O–H groups in total. The van der Waals surface area contributed by atoms with Crippen molar-refractivity contribution in [1.29, 1.82) is 0 Å². The first-order valence-electron chi connectivity index (χ1n) is 5.81. The maximum absolute atomic E-state index is 11.9. The summed E-state index contributed by atoms with van der Waals surface area (Å²) in [5.74, 6) is 0.118. The lowest BCUT2D eigenvalue weighted by atomic mass is 9.86. The lowest BCUT2D eigenvalue weighted by molar-refractivity contribution is -0.133. The quantitative estimate of drug-likeness (QED) is 0.459. The highest BCUT2D eigenvalue weighted by Crippen LogP contribution is 2.29. The number of rotatable bonds is 4. The fourth-order valence-electron chi connectivity index (χ4n) is 2.22. The van der Waals surface area contributed by atoms with Gasteiger partial charge in [-0.05, 0) is 16.9 Å². The molecule has 96 valence electrons. The van der Waals surface area contributed by atoms with Crippen LogP contribution in [0.25, 0.3) is 10.4 Å². The molecule has 0 aromatic heterocycles. The van der Waals surface area contributed by atoms with E-state index in [0.717, 1.165) is 0 Å². The molecule has 0 radical (unpaired) electrons. The van der Waals surface area contributed by atoms with Gasteiger partial charge in [-0.25, -0.2) is 0 Å². The van der Waals surface area contributed by atoms with Crippen LogP contribution in [-0.2, 0) is 4.79 Å². The molecule has 1 unspecified atom stereocenters. The number of nitrogens with zero attached hydrogens (tertiary/aromatic N) is 4. The van der Waals surface area contributed by atoms with E-state index in [-0.39, 0.29) is 29.9 Å². The Morgan fingerprint density at radius 2 is 2.29 bits per heavy atom. The Balaban J connectivity index is 2.72. The van der Waals surface area contributed by atoms with E-state index >= 15 is 0 Å². The molecule has 0 aromatic rings. The Bertz CT molecular complexity index is 331. The van der Waals surface area contributed by atoms with Crippen molar-refractivity contribution < 1.29 is 9.90 Å². The van der Waals surface area contributed by atoms with Gasteiger partial charge in [0.15, 0.2) is 0 Å². The maximum Gasteiger partial charge on any atom is 0.223 e. The molecule has 1 aliphatic heterocycles. The molecule has 0 aliphatic carbocycles. The van der Waals surface area contributed by atoms with Crippen LogP contribution in [0.15, 0.2) is 5.11 Å². The molecule has 0 aromatic carbocycles. The number of hydrogen-bond acceptors (Lipinski definition) is 3. The van der Waals surface area contributed by atoms with Gasteiger partial charge in [0, 0.05) is 24.4 Å². The summed E-state index contributed by atoms with van der Waals surface area (Å²) < 4.78 is 0. The number of carbonyl (C=O) groups excluding carboxylic acids is 1. The van der Waals surface area contributed by atoms with Crippen molar-refractivity contribution in [3.05, 3.63) is 10.4 Å². The lowest BCUT2D eigenvalue weighted by Gasteiger charge is -2.36. The van der Waals surface area contributed by atoms with Crippen LogP contribution in [0, 0.1) is 11.3 Å².